The monoisotopic (exact) mass is 432 g/mol. The number of pyridine rings is 1. The van der Waals surface area contributed by atoms with E-state index in [-0.39, 0.29) is 17.3 Å². The average molecular weight is 432 g/mol. The van der Waals surface area contributed by atoms with Crippen LogP contribution in [0.3, 0.4) is 0 Å². The topological polar surface area (TPSA) is 70.7 Å². The highest BCUT2D eigenvalue weighted by Gasteiger charge is 2.30. The van der Waals surface area contributed by atoms with Crippen LogP contribution in [0, 0.1) is 0 Å². The molecule has 5 rings (SSSR count). The van der Waals surface area contributed by atoms with Crippen molar-refractivity contribution < 1.29 is 13.2 Å². The smallest absolute Gasteiger partial charge is 0.326 e. The fraction of sp³-hybridized carbons (Fsp3) is 0.0417. The molecule has 2 heterocycles. The van der Waals surface area contributed by atoms with E-state index in [1.54, 1.807) is 12.3 Å². The highest BCUT2D eigenvalue weighted by molar-refractivity contribution is 6.03. The van der Waals surface area contributed by atoms with E-state index in [2.05, 4.69) is 20.3 Å². The number of halogens is 3. The van der Waals surface area contributed by atoms with Gasteiger partial charge in [0, 0.05) is 17.4 Å². The maximum absolute atomic E-state index is 13.0. The molecule has 8 heteroatoms. The van der Waals surface area contributed by atoms with Gasteiger partial charge in [0.1, 0.15) is 0 Å². The second-order valence-electron chi connectivity index (χ2n) is 7.20. The van der Waals surface area contributed by atoms with E-state index in [1.807, 2.05) is 42.5 Å². The summed E-state index contributed by atoms with van der Waals surface area (Å²) in [5.74, 6) is 0.00407. The molecular weight excluding hydrogens is 417 g/mol. The Bertz CT molecular complexity index is 1520. The fourth-order valence-electron chi connectivity index (χ4n) is 3.72. The Morgan fingerprint density at radius 1 is 0.875 bits per heavy atom. The van der Waals surface area contributed by atoms with E-state index >= 15 is 0 Å². The van der Waals surface area contributed by atoms with Crippen LogP contribution < -0.4 is 10.9 Å². The Balaban J connectivity index is 1.61. The van der Waals surface area contributed by atoms with Gasteiger partial charge in [0.25, 0.3) is 5.56 Å². The minimum absolute atomic E-state index is 0.00407. The van der Waals surface area contributed by atoms with Crippen LogP contribution in [0.2, 0.25) is 0 Å². The molecule has 0 aliphatic heterocycles. The first kappa shape index (κ1) is 19.7. The van der Waals surface area contributed by atoms with Crippen molar-refractivity contribution in [3.8, 4) is 11.1 Å². The quantitative estimate of drug-likeness (QED) is 0.372. The second kappa shape index (κ2) is 7.49. The van der Waals surface area contributed by atoms with Crippen LogP contribution in [0.5, 0.6) is 0 Å². The summed E-state index contributed by atoms with van der Waals surface area (Å²) in [5, 5.41) is 5.05. The van der Waals surface area contributed by atoms with Crippen molar-refractivity contribution in [3.63, 3.8) is 0 Å². The van der Waals surface area contributed by atoms with E-state index in [0.717, 1.165) is 28.5 Å². The first-order chi connectivity index (χ1) is 15.4. The predicted octanol–water partition coefficient (Wildman–Crippen LogP) is 5.90. The molecule has 0 radical (unpaired) electrons. The molecule has 3 aromatic carbocycles. The van der Waals surface area contributed by atoms with Crippen molar-refractivity contribution in [2.45, 2.75) is 6.18 Å². The van der Waals surface area contributed by atoms with Gasteiger partial charge < -0.3 is 5.32 Å². The summed E-state index contributed by atoms with van der Waals surface area (Å²) in [6.45, 7) is 0. The number of hydrogen-bond donors (Lipinski definition) is 2. The van der Waals surface area contributed by atoms with E-state index in [0.29, 0.717) is 10.9 Å². The number of hydrogen-bond acceptors (Lipinski definition) is 4. The molecule has 0 aliphatic rings. The molecule has 0 unspecified atom stereocenters. The maximum atomic E-state index is 13.0. The number of fused-ring (bicyclic) bond motifs is 2. The molecule has 5 aromatic rings. The lowest BCUT2D eigenvalue weighted by Crippen LogP contribution is -2.13. The Morgan fingerprint density at radius 3 is 2.50 bits per heavy atom. The largest absolute Gasteiger partial charge is 0.416 e. The van der Waals surface area contributed by atoms with E-state index < -0.39 is 17.3 Å². The van der Waals surface area contributed by atoms with Gasteiger partial charge >= 0.3 is 6.18 Å². The molecule has 5 nitrogen and oxygen atoms in total. The molecular formula is C24H15F3N4O. The van der Waals surface area contributed by atoms with Gasteiger partial charge in [-0.25, -0.2) is 4.98 Å². The molecule has 32 heavy (non-hydrogen) atoms. The summed E-state index contributed by atoms with van der Waals surface area (Å²) in [4.78, 5) is 24.2. The van der Waals surface area contributed by atoms with Gasteiger partial charge in [-0.2, -0.15) is 18.2 Å². The summed E-state index contributed by atoms with van der Waals surface area (Å²) < 4.78 is 39.0. The van der Waals surface area contributed by atoms with E-state index in [9.17, 15) is 18.0 Å². The second-order valence-corrected chi connectivity index (χ2v) is 7.20. The number of H-pyrrole nitrogens is 1. The zero-order valence-corrected chi connectivity index (χ0v) is 16.4. The minimum atomic E-state index is -4.48. The van der Waals surface area contributed by atoms with Crippen LogP contribution in [0.1, 0.15) is 5.56 Å². The van der Waals surface area contributed by atoms with Crippen LogP contribution >= 0.6 is 0 Å². The molecule has 0 bridgehead atoms. The standard InChI is InChI=1S/C24H15F3N4O/c25-24(26,27)15-7-4-8-16(13-15)29-23-30-21-20(22(32)31-23)19(11-12-28-21)18-10-3-6-14-5-1-2-9-17(14)18/h1-13H,(H2,28,29,30,31,32). The van der Waals surface area contributed by atoms with Gasteiger partial charge in [-0.1, -0.05) is 48.5 Å². The Hall–Kier alpha value is -4.20. The van der Waals surface area contributed by atoms with Crippen molar-refractivity contribution in [1.29, 1.82) is 0 Å². The molecule has 0 amide bonds. The highest BCUT2D eigenvalue weighted by atomic mass is 19.4. The number of benzene rings is 3. The molecule has 158 valence electrons. The molecule has 0 spiro atoms. The predicted molar refractivity (Wildman–Crippen MR) is 118 cm³/mol. The lowest BCUT2D eigenvalue weighted by Gasteiger charge is -2.12. The van der Waals surface area contributed by atoms with Crippen molar-refractivity contribution in [1.82, 2.24) is 15.0 Å². The number of alkyl halides is 3. The lowest BCUT2D eigenvalue weighted by molar-refractivity contribution is -0.137. The highest BCUT2D eigenvalue weighted by Crippen LogP contribution is 2.33. The van der Waals surface area contributed by atoms with Gasteiger partial charge in [0.05, 0.1) is 10.9 Å². The maximum Gasteiger partial charge on any atom is 0.416 e. The molecule has 2 aromatic heterocycles. The fourth-order valence-corrected chi connectivity index (χ4v) is 3.72. The number of rotatable bonds is 3. The summed E-state index contributed by atoms with van der Waals surface area (Å²) in [7, 11) is 0. The normalized spacial score (nSPS) is 11.7. The van der Waals surface area contributed by atoms with Crippen LogP contribution in [0.4, 0.5) is 24.8 Å². The van der Waals surface area contributed by atoms with Crippen LogP contribution in [-0.2, 0) is 6.18 Å². The summed E-state index contributed by atoms with van der Waals surface area (Å²) in [6.07, 6.45) is -2.92. The zero-order chi connectivity index (χ0) is 22.3. The summed E-state index contributed by atoms with van der Waals surface area (Å²) >= 11 is 0. The molecule has 2 N–H and O–H groups in total. The number of aromatic amines is 1. The van der Waals surface area contributed by atoms with Gasteiger partial charge in [-0.3, -0.25) is 9.78 Å². The lowest BCUT2D eigenvalue weighted by atomic mass is 9.97. The molecule has 0 atom stereocenters. The average Bonchev–Trinajstić information content (AvgIpc) is 2.78. The van der Waals surface area contributed by atoms with Crippen LogP contribution in [-0.4, -0.2) is 15.0 Å². The van der Waals surface area contributed by atoms with Crippen molar-refractivity contribution in [2.75, 3.05) is 5.32 Å². The van der Waals surface area contributed by atoms with Gasteiger partial charge in [0.2, 0.25) is 5.95 Å². The minimum Gasteiger partial charge on any atom is -0.326 e. The third-order valence-corrected chi connectivity index (χ3v) is 5.14. The number of nitrogens with one attached hydrogen (secondary N) is 2. The number of aromatic nitrogens is 3. The Labute approximate surface area is 179 Å². The van der Waals surface area contributed by atoms with Crippen LogP contribution in [0.15, 0.2) is 83.8 Å². The van der Waals surface area contributed by atoms with Crippen molar-refractivity contribution in [3.05, 3.63) is 94.9 Å². The van der Waals surface area contributed by atoms with Crippen molar-refractivity contribution in [2.24, 2.45) is 0 Å². The number of anilines is 2. The number of nitrogens with zero attached hydrogens (tertiary/aromatic N) is 2. The molecule has 0 saturated heterocycles. The molecule has 0 fully saturated rings. The molecule has 0 aliphatic carbocycles. The molecule has 0 saturated carbocycles. The van der Waals surface area contributed by atoms with Gasteiger partial charge in [0.15, 0.2) is 5.65 Å². The Kier molecular flexibility index (Phi) is 4.62. The van der Waals surface area contributed by atoms with Gasteiger partial charge in [-0.05, 0) is 40.6 Å². The SMILES string of the molecule is O=c1[nH]c(Nc2cccc(C(F)(F)F)c2)nc2nccc(-c3cccc4ccccc34)c12. The summed E-state index contributed by atoms with van der Waals surface area (Å²) in [6, 6.07) is 20.1. The third-order valence-electron chi connectivity index (χ3n) is 5.14. The van der Waals surface area contributed by atoms with E-state index in [1.165, 1.54) is 12.1 Å². The summed E-state index contributed by atoms with van der Waals surface area (Å²) in [5.41, 5.74) is 0.622. The Morgan fingerprint density at radius 2 is 1.66 bits per heavy atom. The third kappa shape index (κ3) is 3.56. The van der Waals surface area contributed by atoms with E-state index in [4.69, 9.17) is 0 Å². The first-order valence-electron chi connectivity index (χ1n) is 9.71. The van der Waals surface area contributed by atoms with Crippen LogP contribution in [0.25, 0.3) is 32.9 Å². The van der Waals surface area contributed by atoms with Gasteiger partial charge in [-0.15, -0.1) is 0 Å². The zero-order valence-electron chi connectivity index (χ0n) is 16.4. The van der Waals surface area contributed by atoms with Crippen molar-refractivity contribution >= 4 is 33.4 Å². The first-order valence-corrected chi connectivity index (χ1v) is 9.71.